The van der Waals surface area contributed by atoms with Gasteiger partial charge in [0.15, 0.2) is 0 Å². The summed E-state index contributed by atoms with van der Waals surface area (Å²) in [6, 6.07) is 14.4. The number of methoxy groups -OCH3 is 1. The number of benzene rings is 2. The fourth-order valence-corrected chi connectivity index (χ4v) is 6.89. The highest BCUT2D eigenvalue weighted by Gasteiger charge is 2.40. The summed E-state index contributed by atoms with van der Waals surface area (Å²) in [7, 11) is 1.73. The number of nitrogens with one attached hydrogen (secondary N) is 2. The van der Waals surface area contributed by atoms with E-state index in [1.54, 1.807) is 7.11 Å². The lowest BCUT2D eigenvalue weighted by Crippen LogP contribution is -2.37. The van der Waals surface area contributed by atoms with Crippen molar-refractivity contribution in [3.8, 4) is 5.75 Å². The Morgan fingerprint density at radius 1 is 1.15 bits per heavy atom. The smallest absolute Gasteiger partial charge is 0.328 e. The van der Waals surface area contributed by atoms with Crippen molar-refractivity contribution in [3.05, 3.63) is 74.4 Å². The summed E-state index contributed by atoms with van der Waals surface area (Å²) < 4.78 is 8.63. The van der Waals surface area contributed by atoms with Gasteiger partial charge in [-0.25, -0.2) is 4.79 Å². The first-order valence-corrected chi connectivity index (χ1v) is 12.0. The molecule has 2 N–H and O–H groups in total. The van der Waals surface area contributed by atoms with Crippen LogP contribution in [0.2, 0.25) is 0 Å². The predicted molar refractivity (Wildman–Crippen MR) is 135 cm³/mol. The molecule has 1 unspecified atom stereocenters. The Balaban J connectivity index is 0.00000228. The van der Waals surface area contributed by atoms with Crippen molar-refractivity contribution < 1.29 is 4.74 Å². The van der Waals surface area contributed by atoms with Crippen LogP contribution in [0.25, 0.3) is 20.3 Å². The summed E-state index contributed by atoms with van der Waals surface area (Å²) in [4.78, 5) is 29.0. The molecule has 1 aliphatic heterocycles. The van der Waals surface area contributed by atoms with Crippen LogP contribution in [0.5, 0.6) is 5.75 Å². The number of aromatic nitrogens is 2. The molecule has 33 heavy (non-hydrogen) atoms. The number of fused-ring (bicyclic) bond motifs is 6. The third kappa shape index (κ3) is 3.50. The SMILES string of the molecule is COc1cccc2c1CC[C@@H]1CNC(CCn3c(=O)[nH]c4c(sc5ccccc54)c3=O)[C@@H]21.Cl. The van der Waals surface area contributed by atoms with Gasteiger partial charge in [-0.2, -0.15) is 0 Å². The molecule has 0 spiro atoms. The number of halogens is 1. The van der Waals surface area contributed by atoms with E-state index in [0.29, 0.717) is 28.6 Å². The highest BCUT2D eigenvalue weighted by Crippen LogP contribution is 2.45. The van der Waals surface area contributed by atoms with Gasteiger partial charge in [0.2, 0.25) is 0 Å². The van der Waals surface area contributed by atoms with E-state index >= 15 is 0 Å². The maximum absolute atomic E-state index is 13.2. The molecule has 2 aromatic heterocycles. The molecule has 172 valence electrons. The second-order valence-corrected chi connectivity index (χ2v) is 9.90. The first kappa shape index (κ1) is 22.2. The van der Waals surface area contributed by atoms with Gasteiger partial charge in [0.1, 0.15) is 10.4 Å². The number of ether oxygens (including phenoxy) is 1. The maximum atomic E-state index is 13.2. The summed E-state index contributed by atoms with van der Waals surface area (Å²) in [5, 5.41) is 4.61. The minimum atomic E-state index is -0.327. The summed E-state index contributed by atoms with van der Waals surface area (Å²) in [6.07, 6.45) is 2.91. The number of hydrogen-bond donors (Lipinski definition) is 2. The van der Waals surface area contributed by atoms with Crippen LogP contribution in [0.4, 0.5) is 0 Å². The quantitative estimate of drug-likeness (QED) is 0.459. The van der Waals surface area contributed by atoms with E-state index in [9.17, 15) is 9.59 Å². The Hall–Kier alpha value is -2.61. The molecule has 1 fully saturated rings. The number of thiophene rings is 1. The van der Waals surface area contributed by atoms with E-state index in [1.165, 1.54) is 27.0 Å². The molecule has 8 heteroatoms. The molecule has 3 heterocycles. The first-order chi connectivity index (χ1) is 15.7. The summed E-state index contributed by atoms with van der Waals surface area (Å²) in [6.45, 7) is 1.38. The topological polar surface area (TPSA) is 76.1 Å². The summed E-state index contributed by atoms with van der Waals surface area (Å²) >= 11 is 1.45. The van der Waals surface area contributed by atoms with Crippen LogP contribution in [0.1, 0.15) is 29.9 Å². The van der Waals surface area contributed by atoms with Crippen molar-refractivity contribution in [2.45, 2.75) is 37.8 Å². The molecule has 1 saturated heterocycles. The Morgan fingerprint density at radius 3 is 2.85 bits per heavy atom. The second kappa shape index (κ2) is 8.63. The van der Waals surface area contributed by atoms with E-state index in [1.807, 2.05) is 30.3 Å². The molecule has 6 rings (SSSR count). The zero-order valence-corrected chi connectivity index (χ0v) is 19.9. The molecule has 3 atom stereocenters. The van der Waals surface area contributed by atoms with Crippen LogP contribution in [-0.4, -0.2) is 29.2 Å². The van der Waals surface area contributed by atoms with Gasteiger partial charge < -0.3 is 15.0 Å². The highest BCUT2D eigenvalue weighted by molar-refractivity contribution is 7.25. The van der Waals surface area contributed by atoms with Gasteiger partial charge in [-0.3, -0.25) is 9.36 Å². The van der Waals surface area contributed by atoms with Gasteiger partial charge in [-0.15, -0.1) is 23.7 Å². The van der Waals surface area contributed by atoms with Crippen LogP contribution < -0.4 is 21.3 Å². The third-order valence-corrected chi connectivity index (χ3v) is 8.43. The number of H-pyrrole nitrogens is 1. The van der Waals surface area contributed by atoms with Crippen molar-refractivity contribution in [2.24, 2.45) is 5.92 Å². The molecule has 2 aromatic carbocycles. The lowest BCUT2D eigenvalue weighted by atomic mass is 9.73. The Morgan fingerprint density at radius 2 is 2.00 bits per heavy atom. The normalized spacial score (nSPS) is 21.5. The Labute approximate surface area is 201 Å². The van der Waals surface area contributed by atoms with Crippen molar-refractivity contribution >= 4 is 44.0 Å². The molecular weight excluding hydrogens is 458 g/mol. The van der Waals surface area contributed by atoms with Crippen molar-refractivity contribution in [2.75, 3.05) is 13.7 Å². The van der Waals surface area contributed by atoms with Gasteiger partial charge in [-0.05, 0) is 55.0 Å². The van der Waals surface area contributed by atoms with Gasteiger partial charge in [-0.1, -0.05) is 30.3 Å². The van der Waals surface area contributed by atoms with E-state index < -0.39 is 0 Å². The van der Waals surface area contributed by atoms with Crippen LogP contribution >= 0.6 is 23.7 Å². The lowest BCUT2D eigenvalue weighted by molar-refractivity contribution is 0.371. The van der Waals surface area contributed by atoms with Crippen LogP contribution in [0, 0.1) is 5.92 Å². The minimum Gasteiger partial charge on any atom is -0.496 e. The highest BCUT2D eigenvalue weighted by atomic mass is 35.5. The van der Waals surface area contributed by atoms with E-state index in [4.69, 9.17) is 4.74 Å². The number of nitrogens with zero attached hydrogens (tertiary/aromatic N) is 1. The van der Waals surface area contributed by atoms with Crippen LogP contribution in [0.3, 0.4) is 0 Å². The fourth-order valence-electron chi connectivity index (χ4n) is 5.78. The van der Waals surface area contributed by atoms with Gasteiger partial charge in [0.25, 0.3) is 5.56 Å². The Kier molecular flexibility index (Phi) is 5.80. The van der Waals surface area contributed by atoms with E-state index in [-0.39, 0.29) is 29.7 Å². The fraction of sp³-hybridized carbons (Fsp3) is 0.360. The van der Waals surface area contributed by atoms with Gasteiger partial charge >= 0.3 is 5.69 Å². The maximum Gasteiger partial charge on any atom is 0.328 e. The van der Waals surface area contributed by atoms with Gasteiger partial charge in [0.05, 0.1) is 12.6 Å². The first-order valence-electron chi connectivity index (χ1n) is 11.2. The molecule has 0 amide bonds. The monoisotopic (exact) mass is 483 g/mol. The Bertz CT molecular complexity index is 1460. The van der Waals surface area contributed by atoms with Crippen molar-refractivity contribution in [3.63, 3.8) is 0 Å². The number of rotatable bonds is 4. The van der Waals surface area contributed by atoms with E-state index in [0.717, 1.165) is 41.6 Å². The minimum absolute atomic E-state index is 0. The van der Waals surface area contributed by atoms with Crippen molar-refractivity contribution in [1.82, 2.24) is 14.9 Å². The molecule has 0 bridgehead atoms. The van der Waals surface area contributed by atoms with Crippen LogP contribution in [-0.2, 0) is 13.0 Å². The lowest BCUT2D eigenvalue weighted by Gasteiger charge is -2.32. The number of aromatic amines is 1. The summed E-state index contributed by atoms with van der Waals surface area (Å²) in [5.41, 5.74) is 2.81. The second-order valence-electron chi connectivity index (χ2n) is 8.85. The predicted octanol–water partition coefficient (Wildman–Crippen LogP) is 4.04. The van der Waals surface area contributed by atoms with E-state index in [2.05, 4.69) is 22.4 Å². The average molecular weight is 484 g/mol. The molecule has 0 radical (unpaired) electrons. The zero-order valence-electron chi connectivity index (χ0n) is 18.3. The average Bonchev–Trinajstić information content (AvgIpc) is 3.40. The van der Waals surface area contributed by atoms with Crippen molar-refractivity contribution in [1.29, 1.82) is 0 Å². The number of hydrogen-bond acceptors (Lipinski definition) is 5. The molecule has 1 aliphatic carbocycles. The summed E-state index contributed by atoms with van der Waals surface area (Å²) in [5.74, 6) is 1.94. The standard InChI is InChI=1S/C25H25N3O3S.ClH/c1-31-19-7-4-6-16-15(19)10-9-14-13-26-18(21(14)16)11-12-28-24(29)23-22(27-25(28)30)17-5-2-3-8-20(17)32-23;/h2-8,14,18,21,26H,9-13H2,1H3,(H,27,30);1H/t14-,18?,21-;/m1./s1. The molecule has 6 nitrogen and oxygen atoms in total. The molecular formula is C25H26ClN3O3S. The molecule has 2 aliphatic rings. The third-order valence-electron chi connectivity index (χ3n) is 7.27. The molecule has 4 aromatic rings. The zero-order chi connectivity index (χ0) is 21.8. The largest absolute Gasteiger partial charge is 0.496 e. The van der Waals surface area contributed by atoms with Gasteiger partial charge in [0, 0.05) is 28.6 Å². The van der Waals surface area contributed by atoms with Crippen LogP contribution in [0.15, 0.2) is 52.1 Å². The molecule has 0 saturated carbocycles.